The number of fused-ring (bicyclic) bond motifs is 1. The van der Waals surface area contributed by atoms with Crippen molar-refractivity contribution in [3.8, 4) is 11.5 Å². The number of anilines is 1. The molecule has 2 atom stereocenters. The van der Waals surface area contributed by atoms with E-state index in [0.29, 0.717) is 18.9 Å². The lowest BCUT2D eigenvalue weighted by Crippen LogP contribution is -2.44. The third-order valence-electron chi connectivity index (χ3n) is 4.57. The summed E-state index contributed by atoms with van der Waals surface area (Å²) in [6.07, 6.45) is -0.221. The summed E-state index contributed by atoms with van der Waals surface area (Å²) in [4.78, 5) is 26.4. The SMILES string of the molecule is Cc1ccc(NC(=O)CS[C@@H](C)C(=O)N(C)C[C@@H]2COc3ccccc3O2)cc1. The van der Waals surface area contributed by atoms with Gasteiger partial charge in [-0.05, 0) is 38.1 Å². The Balaban J connectivity index is 1.43. The van der Waals surface area contributed by atoms with Crippen molar-refractivity contribution in [3.05, 3.63) is 54.1 Å². The van der Waals surface area contributed by atoms with Crippen LogP contribution in [-0.2, 0) is 9.59 Å². The number of nitrogens with one attached hydrogen (secondary N) is 1. The van der Waals surface area contributed by atoms with E-state index in [1.165, 1.54) is 11.8 Å². The molecule has 6 nitrogen and oxygen atoms in total. The summed E-state index contributed by atoms with van der Waals surface area (Å²) in [6, 6.07) is 15.1. The third-order valence-corrected chi connectivity index (χ3v) is 5.70. The molecule has 0 aliphatic carbocycles. The molecule has 0 unspecified atom stereocenters. The lowest BCUT2D eigenvalue weighted by Gasteiger charge is -2.30. The van der Waals surface area contributed by atoms with Crippen molar-refractivity contribution in [1.29, 1.82) is 0 Å². The number of para-hydroxylation sites is 2. The van der Waals surface area contributed by atoms with E-state index >= 15 is 0 Å². The van der Waals surface area contributed by atoms with Crippen molar-refractivity contribution in [3.63, 3.8) is 0 Å². The van der Waals surface area contributed by atoms with Crippen molar-refractivity contribution in [2.45, 2.75) is 25.2 Å². The second kappa shape index (κ2) is 9.69. The Morgan fingerprint density at radius 1 is 1.17 bits per heavy atom. The van der Waals surface area contributed by atoms with Gasteiger partial charge in [0, 0.05) is 12.7 Å². The highest BCUT2D eigenvalue weighted by molar-refractivity contribution is 8.01. The molecule has 0 saturated carbocycles. The fraction of sp³-hybridized carbons (Fsp3) is 0.364. The predicted octanol–water partition coefficient (Wildman–Crippen LogP) is 3.35. The molecule has 1 aliphatic rings. The van der Waals surface area contributed by atoms with Crippen LogP contribution in [0.4, 0.5) is 5.69 Å². The largest absolute Gasteiger partial charge is 0.486 e. The average Bonchev–Trinajstić information content (AvgIpc) is 2.73. The number of hydrogen-bond donors (Lipinski definition) is 1. The van der Waals surface area contributed by atoms with Crippen LogP contribution < -0.4 is 14.8 Å². The van der Waals surface area contributed by atoms with Gasteiger partial charge >= 0.3 is 0 Å². The maximum Gasteiger partial charge on any atom is 0.235 e. The van der Waals surface area contributed by atoms with E-state index in [4.69, 9.17) is 9.47 Å². The maximum absolute atomic E-state index is 12.6. The van der Waals surface area contributed by atoms with Crippen LogP contribution >= 0.6 is 11.8 Å². The Hall–Kier alpha value is -2.67. The van der Waals surface area contributed by atoms with Gasteiger partial charge < -0.3 is 19.7 Å². The quantitative estimate of drug-likeness (QED) is 0.753. The van der Waals surface area contributed by atoms with E-state index in [-0.39, 0.29) is 28.9 Å². The zero-order chi connectivity index (χ0) is 20.8. The normalized spacial score (nSPS) is 16.0. The minimum atomic E-state index is -0.333. The molecule has 0 spiro atoms. The van der Waals surface area contributed by atoms with Crippen LogP contribution in [0.3, 0.4) is 0 Å². The van der Waals surface area contributed by atoms with Gasteiger partial charge in [-0.25, -0.2) is 0 Å². The van der Waals surface area contributed by atoms with Crippen molar-refractivity contribution < 1.29 is 19.1 Å². The molecule has 2 amide bonds. The standard InChI is InChI=1S/C22H26N2O4S/c1-15-8-10-17(11-9-15)23-21(25)14-29-16(2)22(26)24(3)12-18-13-27-19-6-4-5-7-20(19)28-18/h4-11,16,18H,12-14H2,1-3H3,(H,23,25)/t16-,18+/m0/s1. The van der Waals surface area contributed by atoms with Gasteiger partial charge in [0.25, 0.3) is 0 Å². The topological polar surface area (TPSA) is 67.9 Å². The number of nitrogens with zero attached hydrogens (tertiary/aromatic N) is 1. The number of likely N-dealkylation sites (N-methyl/N-ethyl adjacent to an activating group) is 1. The number of thioether (sulfide) groups is 1. The van der Waals surface area contributed by atoms with Crippen LogP contribution in [0.1, 0.15) is 12.5 Å². The van der Waals surface area contributed by atoms with Gasteiger partial charge in [-0.1, -0.05) is 29.8 Å². The average molecular weight is 415 g/mol. The zero-order valence-electron chi connectivity index (χ0n) is 16.9. The summed E-state index contributed by atoms with van der Waals surface area (Å²) in [7, 11) is 1.75. The molecule has 1 aliphatic heterocycles. The molecule has 0 radical (unpaired) electrons. The summed E-state index contributed by atoms with van der Waals surface area (Å²) in [6.45, 7) is 4.63. The van der Waals surface area contributed by atoms with Crippen LogP contribution in [0.5, 0.6) is 11.5 Å². The van der Waals surface area contributed by atoms with Gasteiger partial charge in [0.15, 0.2) is 17.6 Å². The van der Waals surface area contributed by atoms with Crippen molar-refractivity contribution in [1.82, 2.24) is 4.90 Å². The van der Waals surface area contributed by atoms with Crippen molar-refractivity contribution >= 4 is 29.3 Å². The molecule has 1 heterocycles. The Kier molecular flexibility index (Phi) is 7.04. The van der Waals surface area contributed by atoms with E-state index in [2.05, 4.69) is 5.32 Å². The zero-order valence-corrected chi connectivity index (χ0v) is 17.7. The predicted molar refractivity (Wildman–Crippen MR) is 116 cm³/mol. The van der Waals surface area contributed by atoms with E-state index in [9.17, 15) is 9.59 Å². The highest BCUT2D eigenvalue weighted by Gasteiger charge is 2.26. The summed E-state index contributed by atoms with van der Waals surface area (Å²) in [5, 5.41) is 2.51. The van der Waals surface area contributed by atoms with E-state index in [1.807, 2.05) is 62.4 Å². The number of ether oxygens (including phenoxy) is 2. The molecule has 2 aromatic rings. The molecule has 3 rings (SSSR count). The van der Waals surface area contributed by atoms with Crippen LogP contribution in [-0.4, -0.2) is 54.0 Å². The Morgan fingerprint density at radius 2 is 1.86 bits per heavy atom. The first-order chi connectivity index (χ1) is 13.9. The number of rotatable bonds is 7. The van der Waals surface area contributed by atoms with E-state index in [1.54, 1.807) is 11.9 Å². The van der Waals surface area contributed by atoms with E-state index in [0.717, 1.165) is 17.0 Å². The molecule has 0 fully saturated rings. The number of hydrogen-bond acceptors (Lipinski definition) is 5. The number of amides is 2. The lowest BCUT2D eigenvalue weighted by molar-refractivity contribution is -0.130. The third kappa shape index (κ3) is 5.90. The first-order valence-corrected chi connectivity index (χ1v) is 10.6. The molecule has 0 bridgehead atoms. The highest BCUT2D eigenvalue weighted by Crippen LogP contribution is 2.31. The van der Waals surface area contributed by atoms with Crippen LogP contribution in [0, 0.1) is 6.92 Å². The first-order valence-electron chi connectivity index (χ1n) is 9.54. The number of carbonyl (C=O) groups excluding carboxylic acids is 2. The molecule has 0 aromatic heterocycles. The van der Waals surface area contributed by atoms with Gasteiger partial charge in [0.05, 0.1) is 17.5 Å². The molecule has 7 heteroatoms. The monoisotopic (exact) mass is 414 g/mol. The van der Waals surface area contributed by atoms with Crippen molar-refractivity contribution in [2.75, 3.05) is 31.3 Å². The Bertz CT molecular complexity index is 856. The van der Waals surface area contributed by atoms with Crippen molar-refractivity contribution in [2.24, 2.45) is 0 Å². The molecule has 0 saturated heterocycles. The molecule has 29 heavy (non-hydrogen) atoms. The number of aryl methyl sites for hydroxylation is 1. The maximum atomic E-state index is 12.6. The Labute approximate surface area is 175 Å². The molecular formula is C22H26N2O4S. The van der Waals surface area contributed by atoms with Gasteiger partial charge in [-0.2, -0.15) is 0 Å². The Morgan fingerprint density at radius 3 is 2.59 bits per heavy atom. The summed E-state index contributed by atoms with van der Waals surface area (Å²) < 4.78 is 11.6. The smallest absolute Gasteiger partial charge is 0.235 e. The minimum absolute atomic E-state index is 0.0411. The second-order valence-corrected chi connectivity index (χ2v) is 8.41. The van der Waals surface area contributed by atoms with Gasteiger partial charge in [-0.15, -0.1) is 11.8 Å². The van der Waals surface area contributed by atoms with E-state index < -0.39 is 0 Å². The van der Waals surface area contributed by atoms with Gasteiger partial charge in [-0.3, -0.25) is 9.59 Å². The van der Waals surface area contributed by atoms with Crippen LogP contribution in [0.2, 0.25) is 0 Å². The molecule has 2 aromatic carbocycles. The molecular weight excluding hydrogens is 388 g/mol. The van der Waals surface area contributed by atoms with Crippen LogP contribution in [0.15, 0.2) is 48.5 Å². The summed E-state index contributed by atoms with van der Waals surface area (Å²) in [5.41, 5.74) is 1.89. The summed E-state index contributed by atoms with van der Waals surface area (Å²) in [5.74, 6) is 1.47. The lowest BCUT2D eigenvalue weighted by atomic mass is 10.2. The highest BCUT2D eigenvalue weighted by atomic mass is 32.2. The number of carbonyl (C=O) groups is 2. The minimum Gasteiger partial charge on any atom is -0.486 e. The second-order valence-electron chi connectivity index (χ2n) is 7.08. The summed E-state index contributed by atoms with van der Waals surface area (Å²) >= 11 is 1.32. The molecule has 154 valence electrons. The number of benzene rings is 2. The van der Waals surface area contributed by atoms with Crippen LogP contribution in [0.25, 0.3) is 0 Å². The first kappa shape index (κ1) is 21.0. The fourth-order valence-electron chi connectivity index (χ4n) is 2.96. The van der Waals surface area contributed by atoms with Gasteiger partial charge in [0.2, 0.25) is 11.8 Å². The molecule has 1 N–H and O–H groups in total. The fourth-order valence-corrected chi connectivity index (χ4v) is 3.76. The van der Waals surface area contributed by atoms with Gasteiger partial charge in [0.1, 0.15) is 6.61 Å².